The molecular formula is C12H7ClFN3. The highest BCUT2D eigenvalue weighted by molar-refractivity contribution is 6.30. The number of rotatable bonds is 2. The number of benzene rings is 1. The van der Waals surface area contributed by atoms with E-state index in [1.165, 1.54) is 30.6 Å². The van der Waals surface area contributed by atoms with Crippen LogP contribution >= 0.6 is 11.6 Å². The van der Waals surface area contributed by atoms with E-state index in [2.05, 4.69) is 9.97 Å². The molecule has 2 rings (SSSR count). The van der Waals surface area contributed by atoms with Crippen LogP contribution in [0.25, 0.3) is 0 Å². The number of hydrogen-bond acceptors (Lipinski definition) is 3. The minimum absolute atomic E-state index is 0.186. The monoisotopic (exact) mass is 247 g/mol. The highest BCUT2D eigenvalue weighted by Gasteiger charge is 2.20. The van der Waals surface area contributed by atoms with E-state index in [9.17, 15) is 4.39 Å². The molecule has 0 spiro atoms. The average molecular weight is 248 g/mol. The molecule has 0 aliphatic rings. The summed E-state index contributed by atoms with van der Waals surface area (Å²) in [6.07, 6.45) is 3.02. The lowest BCUT2D eigenvalue weighted by Gasteiger charge is -2.09. The fourth-order valence-corrected chi connectivity index (χ4v) is 1.64. The van der Waals surface area contributed by atoms with Crippen LogP contribution < -0.4 is 0 Å². The highest BCUT2D eigenvalue weighted by atomic mass is 35.5. The van der Waals surface area contributed by atoms with Gasteiger partial charge in [0.1, 0.15) is 17.6 Å². The molecule has 1 aromatic carbocycles. The molecule has 0 radical (unpaired) electrons. The van der Waals surface area contributed by atoms with Crippen LogP contribution in [0.1, 0.15) is 17.3 Å². The molecule has 0 bridgehead atoms. The van der Waals surface area contributed by atoms with Crippen LogP contribution in [0.4, 0.5) is 4.39 Å². The summed E-state index contributed by atoms with van der Waals surface area (Å²) < 4.78 is 13.6. The van der Waals surface area contributed by atoms with Crippen molar-refractivity contribution in [3.05, 3.63) is 58.9 Å². The van der Waals surface area contributed by atoms with Gasteiger partial charge in [0.15, 0.2) is 0 Å². The summed E-state index contributed by atoms with van der Waals surface area (Å²) in [7, 11) is 0. The molecule has 0 aliphatic carbocycles. The molecule has 0 saturated heterocycles. The maximum Gasteiger partial charge on any atom is 0.149 e. The van der Waals surface area contributed by atoms with E-state index in [0.29, 0.717) is 5.02 Å². The molecule has 5 heteroatoms. The van der Waals surface area contributed by atoms with Gasteiger partial charge < -0.3 is 0 Å². The van der Waals surface area contributed by atoms with Crippen LogP contribution in [0, 0.1) is 17.1 Å². The van der Waals surface area contributed by atoms with Gasteiger partial charge in [-0.25, -0.2) is 14.4 Å². The lowest BCUT2D eigenvalue weighted by Crippen LogP contribution is -2.05. The van der Waals surface area contributed by atoms with E-state index < -0.39 is 11.7 Å². The van der Waals surface area contributed by atoms with Crippen LogP contribution in [0.15, 0.2) is 36.7 Å². The molecule has 0 amide bonds. The molecule has 0 fully saturated rings. The first kappa shape index (κ1) is 11.5. The van der Waals surface area contributed by atoms with E-state index in [1.807, 2.05) is 6.07 Å². The van der Waals surface area contributed by atoms with Crippen LogP contribution in [0.3, 0.4) is 0 Å². The van der Waals surface area contributed by atoms with Crippen molar-refractivity contribution in [3.8, 4) is 6.07 Å². The molecular weight excluding hydrogens is 241 g/mol. The maximum atomic E-state index is 13.6. The third-order valence-electron chi connectivity index (χ3n) is 2.24. The molecule has 0 N–H and O–H groups in total. The predicted octanol–water partition coefficient (Wildman–Crippen LogP) is 2.92. The molecule has 1 aromatic heterocycles. The topological polar surface area (TPSA) is 49.6 Å². The minimum Gasteiger partial charge on any atom is -0.240 e. The van der Waals surface area contributed by atoms with E-state index in [4.69, 9.17) is 16.9 Å². The third-order valence-corrected chi connectivity index (χ3v) is 2.48. The fraction of sp³-hybridized carbons (Fsp3) is 0.0833. The van der Waals surface area contributed by atoms with Gasteiger partial charge in [0, 0.05) is 23.0 Å². The van der Waals surface area contributed by atoms with E-state index in [-0.39, 0.29) is 11.4 Å². The second kappa shape index (κ2) is 4.89. The predicted molar refractivity (Wildman–Crippen MR) is 60.9 cm³/mol. The first-order valence-electron chi connectivity index (χ1n) is 4.84. The minimum atomic E-state index is -0.852. The van der Waals surface area contributed by atoms with Gasteiger partial charge in [-0.05, 0) is 24.3 Å². The van der Waals surface area contributed by atoms with E-state index in [1.54, 1.807) is 6.07 Å². The maximum absolute atomic E-state index is 13.6. The smallest absolute Gasteiger partial charge is 0.149 e. The summed E-state index contributed by atoms with van der Waals surface area (Å²) in [6.45, 7) is 0. The first-order chi connectivity index (χ1) is 8.22. The molecule has 1 heterocycles. The second-order valence-electron chi connectivity index (χ2n) is 3.33. The lowest BCUT2D eigenvalue weighted by atomic mass is 9.99. The zero-order valence-corrected chi connectivity index (χ0v) is 9.39. The van der Waals surface area contributed by atoms with Gasteiger partial charge in [0.25, 0.3) is 0 Å². The standard InChI is InChI=1S/C12H7ClFN3/c13-8-2-3-11(14)9(6-8)10(7-15)12-16-4-1-5-17-12/h1-6,10H. The summed E-state index contributed by atoms with van der Waals surface area (Å²) in [4.78, 5) is 7.91. The Labute approximate surface area is 103 Å². The van der Waals surface area contributed by atoms with Crippen molar-refractivity contribution < 1.29 is 4.39 Å². The number of aromatic nitrogens is 2. The van der Waals surface area contributed by atoms with Crippen molar-refractivity contribution in [3.63, 3.8) is 0 Å². The molecule has 2 aromatic rings. The summed E-state index contributed by atoms with van der Waals surface area (Å²) in [6, 6.07) is 7.69. The Balaban J connectivity index is 2.51. The first-order valence-corrected chi connectivity index (χ1v) is 5.21. The second-order valence-corrected chi connectivity index (χ2v) is 3.77. The van der Waals surface area contributed by atoms with Crippen LogP contribution in [0.5, 0.6) is 0 Å². The molecule has 3 nitrogen and oxygen atoms in total. The summed E-state index contributed by atoms with van der Waals surface area (Å²) in [5.41, 5.74) is 0.186. The van der Waals surface area contributed by atoms with Gasteiger partial charge in [-0.15, -0.1) is 0 Å². The summed E-state index contributed by atoms with van der Waals surface area (Å²) >= 11 is 5.79. The van der Waals surface area contributed by atoms with Gasteiger partial charge in [0.2, 0.25) is 0 Å². The Morgan fingerprint density at radius 3 is 2.65 bits per heavy atom. The summed E-state index contributed by atoms with van der Waals surface area (Å²) in [5, 5.41) is 9.48. The molecule has 17 heavy (non-hydrogen) atoms. The van der Waals surface area contributed by atoms with E-state index in [0.717, 1.165) is 0 Å². The number of hydrogen-bond donors (Lipinski definition) is 0. The molecule has 0 saturated carbocycles. The Kier molecular flexibility index (Phi) is 3.31. The normalized spacial score (nSPS) is 11.8. The van der Waals surface area contributed by atoms with Crippen LogP contribution in [0.2, 0.25) is 5.02 Å². The zero-order chi connectivity index (χ0) is 12.3. The SMILES string of the molecule is N#CC(c1ncccn1)c1cc(Cl)ccc1F. The van der Waals surface area contributed by atoms with Gasteiger partial charge in [-0.2, -0.15) is 5.26 Å². The Morgan fingerprint density at radius 2 is 2.00 bits per heavy atom. The molecule has 1 atom stereocenters. The van der Waals surface area contributed by atoms with Crippen molar-refractivity contribution >= 4 is 11.6 Å². The van der Waals surface area contributed by atoms with Crippen molar-refractivity contribution in [2.75, 3.05) is 0 Å². The zero-order valence-electron chi connectivity index (χ0n) is 8.64. The van der Waals surface area contributed by atoms with Crippen LogP contribution in [-0.4, -0.2) is 9.97 Å². The Morgan fingerprint density at radius 1 is 1.29 bits per heavy atom. The molecule has 84 valence electrons. The van der Waals surface area contributed by atoms with Crippen molar-refractivity contribution in [2.45, 2.75) is 5.92 Å². The number of halogens is 2. The Hall–Kier alpha value is -1.99. The quantitative estimate of drug-likeness (QED) is 0.820. The number of nitrogens with zero attached hydrogens (tertiary/aromatic N) is 3. The third kappa shape index (κ3) is 2.40. The molecule has 0 aliphatic heterocycles. The van der Waals surface area contributed by atoms with Crippen LogP contribution in [-0.2, 0) is 0 Å². The summed E-state index contributed by atoms with van der Waals surface area (Å²) in [5.74, 6) is -1.08. The Bertz CT molecular complexity index is 566. The average Bonchev–Trinajstić information content (AvgIpc) is 2.36. The molecule has 1 unspecified atom stereocenters. The largest absolute Gasteiger partial charge is 0.240 e. The van der Waals surface area contributed by atoms with Gasteiger partial charge in [-0.1, -0.05) is 11.6 Å². The van der Waals surface area contributed by atoms with Gasteiger partial charge >= 0.3 is 0 Å². The van der Waals surface area contributed by atoms with Gasteiger partial charge in [0.05, 0.1) is 6.07 Å². The van der Waals surface area contributed by atoms with Crippen molar-refractivity contribution in [1.29, 1.82) is 5.26 Å². The van der Waals surface area contributed by atoms with Crippen molar-refractivity contribution in [2.24, 2.45) is 0 Å². The lowest BCUT2D eigenvalue weighted by molar-refractivity contribution is 0.606. The van der Waals surface area contributed by atoms with E-state index >= 15 is 0 Å². The highest BCUT2D eigenvalue weighted by Crippen LogP contribution is 2.26. The van der Waals surface area contributed by atoms with Crippen molar-refractivity contribution in [1.82, 2.24) is 9.97 Å². The number of nitriles is 1. The van der Waals surface area contributed by atoms with Gasteiger partial charge in [-0.3, -0.25) is 0 Å². The fourth-order valence-electron chi connectivity index (χ4n) is 1.46.